The molecule has 0 radical (unpaired) electrons. The Kier molecular flexibility index (Phi) is 5.12. The highest BCUT2D eigenvalue weighted by Gasteiger charge is 2.23. The summed E-state index contributed by atoms with van der Waals surface area (Å²) in [4.78, 5) is 30.9. The van der Waals surface area contributed by atoms with Gasteiger partial charge in [-0.3, -0.25) is 9.59 Å². The van der Waals surface area contributed by atoms with Crippen molar-refractivity contribution in [1.29, 1.82) is 0 Å². The van der Waals surface area contributed by atoms with Crippen LogP contribution in [0.5, 0.6) is 0 Å². The third kappa shape index (κ3) is 3.76. The highest BCUT2D eigenvalue weighted by molar-refractivity contribution is 6.05. The molecule has 4 rings (SSSR count). The molecule has 0 unspecified atom stereocenters. The maximum atomic E-state index is 12.9. The van der Waals surface area contributed by atoms with Crippen LogP contribution >= 0.6 is 0 Å². The Labute approximate surface area is 169 Å². The van der Waals surface area contributed by atoms with Crippen molar-refractivity contribution < 1.29 is 9.59 Å². The lowest BCUT2D eigenvalue weighted by Gasteiger charge is -2.16. The number of anilines is 2. The smallest absolute Gasteiger partial charge is 0.259 e. The van der Waals surface area contributed by atoms with E-state index in [9.17, 15) is 9.59 Å². The molecule has 1 aromatic carbocycles. The number of carbonyl (C=O) groups is 2. The maximum Gasteiger partial charge on any atom is 0.259 e. The topological polar surface area (TPSA) is 80.1 Å². The number of amides is 2. The highest BCUT2D eigenvalue weighted by Crippen LogP contribution is 2.25. The number of hydrogen-bond acceptors (Lipinski definition) is 4. The zero-order valence-corrected chi connectivity index (χ0v) is 16.5. The number of rotatable bonds is 5. The summed E-state index contributed by atoms with van der Waals surface area (Å²) in [5.74, 6) is 0.685. The maximum absolute atomic E-state index is 12.9. The fourth-order valence-corrected chi connectivity index (χ4v) is 3.59. The molecular formula is C22H23N5O2. The molecule has 3 heterocycles. The molecule has 7 heteroatoms. The van der Waals surface area contributed by atoms with E-state index in [1.165, 1.54) is 0 Å². The van der Waals surface area contributed by atoms with Crippen molar-refractivity contribution in [2.24, 2.45) is 0 Å². The van der Waals surface area contributed by atoms with Gasteiger partial charge < -0.3 is 10.2 Å². The molecule has 2 aromatic heterocycles. The van der Waals surface area contributed by atoms with E-state index in [1.807, 2.05) is 56.3 Å². The first-order chi connectivity index (χ1) is 14.0. The zero-order chi connectivity index (χ0) is 20.4. The largest absolute Gasteiger partial charge is 0.322 e. The van der Waals surface area contributed by atoms with Crippen LogP contribution in [-0.2, 0) is 4.79 Å². The van der Waals surface area contributed by atoms with E-state index in [1.54, 1.807) is 22.0 Å². The van der Waals surface area contributed by atoms with Crippen molar-refractivity contribution in [2.45, 2.75) is 32.6 Å². The van der Waals surface area contributed by atoms with Crippen molar-refractivity contribution in [3.05, 3.63) is 66.1 Å². The van der Waals surface area contributed by atoms with E-state index in [-0.39, 0.29) is 17.7 Å². The van der Waals surface area contributed by atoms with Gasteiger partial charge in [-0.25, -0.2) is 9.67 Å². The molecule has 1 aliphatic rings. The highest BCUT2D eigenvalue weighted by atomic mass is 16.2. The van der Waals surface area contributed by atoms with E-state index in [0.717, 1.165) is 24.3 Å². The Morgan fingerprint density at radius 2 is 1.93 bits per heavy atom. The van der Waals surface area contributed by atoms with Crippen molar-refractivity contribution in [2.75, 3.05) is 16.8 Å². The van der Waals surface area contributed by atoms with Crippen molar-refractivity contribution >= 4 is 23.2 Å². The molecule has 0 atom stereocenters. The molecule has 0 spiro atoms. The van der Waals surface area contributed by atoms with Crippen LogP contribution in [-0.4, -0.2) is 33.1 Å². The summed E-state index contributed by atoms with van der Waals surface area (Å²) in [6, 6.07) is 12.9. The number of nitrogens with one attached hydrogen (secondary N) is 1. The first kappa shape index (κ1) is 18.9. The van der Waals surface area contributed by atoms with E-state index in [2.05, 4.69) is 15.4 Å². The van der Waals surface area contributed by atoms with Crippen LogP contribution in [0.1, 0.15) is 48.7 Å². The second-order valence-corrected chi connectivity index (χ2v) is 7.35. The first-order valence-electron chi connectivity index (χ1n) is 9.75. The van der Waals surface area contributed by atoms with E-state index < -0.39 is 0 Å². The summed E-state index contributed by atoms with van der Waals surface area (Å²) < 4.78 is 1.71. The van der Waals surface area contributed by atoms with Crippen molar-refractivity contribution in [3.63, 3.8) is 0 Å². The van der Waals surface area contributed by atoms with Crippen molar-refractivity contribution in [1.82, 2.24) is 14.8 Å². The van der Waals surface area contributed by atoms with Gasteiger partial charge in [-0.1, -0.05) is 19.9 Å². The summed E-state index contributed by atoms with van der Waals surface area (Å²) in [7, 11) is 0. The number of pyridine rings is 1. The molecule has 2 amide bonds. The Morgan fingerprint density at radius 1 is 1.14 bits per heavy atom. The van der Waals surface area contributed by atoms with Gasteiger partial charge in [0.1, 0.15) is 0 Å². The molecule has 1 fully saturated rings. The molecule has 148 valence electrons. The first-order valence-corrected chi connectivity index (χ1v) is 9.75. The minimum absolute atomic E-state index is 0.0869. The van der Waals surface area contributed by atoms with Crippen LogP contribution in [0.15, 0.2) is 54.9 Å². The standard InChI is InChI=1S/C22H23N5O2/c1-15(2)21-18(14-24-27(21)19-6-3-4-12-23-19)22(29)25-16-8-10-17(11-9-16)26-13-5-7-20(26)28/h3-4,6,8-12,14-15H,5,7,13H2,1-2H3,(H,25,29). The molecule has 1 N–H and O–H groups in total. The summed E-state index contributed by atoms with van der Waals surface area (Å²) in [6.07, 6.45) is 4.76. The molecule has 29 heavy (non-hydrogen) atoms. The van der Waals surface area contributed by atoms with Crippen LogP contribution < -0.4 is 10.2 Å². The predicted octanol–water partition coefficient (Wildman–Crippen LogP) is 3.77. The summed E-state index contributed by atoms with van der Waals surface area (Å²) in [6.45, 7) is 4.79. The van der Waals surface area contributed by atoms with E-state index in [4.69, 9.17) is 0 Å². The Bertz CT molecular complexity index is 1030. The second kappa shape index (κ2) is 7.87. The third-order valence-corrected chi connectivity index (χ3v) is 4.97. The minimum atomic E-state index is -0.221. The fourth-order valence-electron chi connectivity index (χ4n) is 3.59. The third-order valence-electron chi connectivity index (χ3n) is 4.97. The predicted molar refractivity (Wildman–Crippen MR) is 111 cm³/mol. The molecule has 1 saturated heterocycles. The Morgan fingerprint density at radius 3 is 2.55 bits per heavy atom. The lowest BCUT2D eigenvalue weighted by atomic mass is 10.1. The fraction of sp³-hybridized carbons (Fsp3) is 0.273. The van der Waals surface area contributed by atoms with Gasteiger partial charge >= 0.3 is 0 Å². The molecule has 1 aliphatic heterocycles. The van der Waals surface area contributed by atoms with Crippen LogP contribution in [0, 0.1) is 0 Å². The SMILES string of the molecule is CC(C)c1c(C(=O)Nc2ccc(N3CCCC3=O)cc2)cnn1-c1ccccn1. The lowest BCUT2D eigenvalue weighted by molar-refractivity contribution is -0.117. The number of nitrogens with zero attached hydrogens (tertiary/aromatic N) is 4. The van der Waals surface area contributed by atoms with Gasteiger partial charge in [-0.2, -0.15) is 5.10 Å². The van der Waals surface area contributed by atoms with Crippen LogP contribution in [0.25, 0.3) is 5.82 Å². The Hall–Kier alpha value is -3.48. The van der Waals surface area contributed by atoms with Crippen molar-refractivity contribution in [3.8, 4) is 5.82 Å². The van der Waals surface area contributed by atoms with Gasteiger partial charge in [0.15, 0.2) is 5.82 Å². The number of benzene rings is 1. The van der Waals surface area contributed by atoms with Gasteiger partial charge in [0.05, 0.1) is 17.5 Å². The van der Waals surface area contributed by atoms with E-state index in [0.29, 0.717) is 23.5 Å². The van der Waals surface area contributed by atoms with Gasteiger partial charge in [0, 0.05) is 30.5 Å². The average molecular weight is 389 g/mol. The van der Waals surface area contributed by atoms with Crippen LogP contribution in [0.4, 0.5) is 11.4 Å². The van der Waals surface area contributed by atoms with Crippen LogP contribution in [0.2, 0.25) is 0 Å². The van der Waals surface area contributed by atoms with Gasteiger partial charge in [-0.05, 0) is 48.7 Å². The summed E-state index contributed by atoms with van der Waals surface area (Å²) in [5.41, 5.74) is 2.85. The lowest BCUT2D eigenvalue weighted by Crippen LogP contribution is -2.23. The average Bonchev–Trinajstić information content (AvgIpc) is 3.36. The Balaban J connectivity index is 1.56. The van der Waals surface area contributed by atoms with Crippen LogP contribution in [0.3, 0.4) is 0 Å². The molecule has 0 bridgehead atoms. The number of aromatic nitrogens is 3. The normalized spacial score (nSPS) is 13.9. The molecule has 7 nitrogen and oxygen atoms in total. The summed E-state index contributed by atoms with van der Waals surface area (Å²) >= 11 is 0. The number of hydrogen-bond donors (Lipinski definition) is 1. The molecule has 0 aliphatic carbocycles. The molecular weight excluding hydrogens is 366 g/mol. The minimum Gasteiger partial charge on any atom is -0.322 e. The molecule has 3 aromatic rings. The second-order valence-electron chi connectivity index (χ2n) is 7.35. The van der Waals surface area contributed by atoms with Gasteiger partial charge in [-0.15, -0.1) is 0 Å². The summed E-state index contributed by atoms with van der Waals surface area (Å²) in [5, 5.41) is 7.33. The zero-order valence-electron chi connectivity index (χ0n) is 16.5. The quantitative estimate of drug-likeness (QED) is 0.720. The van der Waals surface area contributed by atoms with Gasteiger partial charge in [0.2, 0.25) is 5.91 Å². The number of carbonyl (C=O) groups excluding carboxylic acids is 2. The molecule has 0 saturated carbocycles. The van der Waals surface area contributed by atoms with E-state index >= 15 is 0 Å². The van der Waals surface area contributed by atoms with Gasteiger partial charge in [0.25, 0.3) is 5.91 Å². The monoisotopic (exact) mass is 389 g/mol.